The first kappa shape index (κ1) is 25.8. The molecule has 0 radical (unpaired) electrons. The Morgan fingerprint density at radius 1 is 1.09 bits per heavy atom. The number of nitrogens with zero attached hydrogens (tertiary/aromatic N) is 2. The van der Waals surface area contributed by atoms with E-state index >= 15 is 0 Å². The van der Waals surface area contributed by atoms with Crippen molar-refractivity contribution in [1.29, 1.82) is 0 Å². The maximum absolute atomic E-state index is 13.5. The van der Waals surface area contributed by atoms with Crippen LogP contribution in [0.25, 0.3) is 11.1 Å². The monoisotopic (exact) mass is 501 g/mol. The van der Waals surface area contributed by atoms with Crippen LogP contribution in [0, 0.1) is 26.7 Å². The second kappa shape index (κ2) is 10.2. The summed E-state index contributed by atoms with van der Waals surface area (Å²) in [6.45, 7) is 11.2. The summed E-state index contributed by atoms with van der Waals surface area (Å²) in [4.78, 5) is 20.3. The lowest BCUT2D eigenvalue weighted by Gasteiger charge is -2.21. The first-order chi connectivity index (χ1) is 15.9. The molecule has 3 aromatic rings. The van der Waals surface area contributed by atoms with E-state index in [2.05, 4.69) is 28.9 Å². The zero-order valence-corrected chi connectivity index (χ0v) is 21.9. The van der Waals surface area contributed by atoms with E-state index in [1.54, 1.807) is 13.8 Å². The van der Waals surface area contributed by atoms with Crippen molar-refractivity contribution in [1.82, 2.24) is 9.97 Å². The van der Waals surface area contributed by atoms with Crippen LogP contribution in [-0.4, -0.2) is 24.3 Å². The highest BCUT2D eigenvalue weighted by molar-refractivity contribution is 7.94. The second-order valence-electron chi connectivity index (χ2n) is 8.72. The summed E-state index contributed by atoms with van der Waals surface area (Å²) in [5, 5.41) is 2.78. The number of hydrogen-bond acceptors (Lipinski definition) is 7. The van der Waals surface area contributed by atoms with Crippen LogP contribution in [0.4, 0.5) is 10.8 Å². The SMILES string of the molecule is CC(=O)Nc1nc(C)c(S(=O)(=O)Nc2c(C)nc(CC(C)C)c(CN)c2-c2ccc(C)cc2)s1. The van der Waals surface area contributed by atoms with Gasteiger partial charge in [-0.3, -0.25) is 14.5 Å². The van der Waals surface area contributed by atoms with Gasteiger partial charge in [0.05, 0.1) is 17.1 Å². The minimum atomic E-state index is -4.01. The maximum atomic E-state index is 13.5. The Morgan fingerprint density at radius 3 is 2.29 bits per heavy atom. The number of aromatic nitrogens is 2. The largest absolute Gasteiger partial charge is 0.326 e. The van der Waals surface area contributed by atoms with Crippen LogP contribution in [0.15, 0.2) is 28.5 Å². The maximum Gasteiger partial charge on any atom is 0.273 e. The third kappa shape index (κ3) is 5.63. The smallest absolute Gasteiger partial charge is 0.273 e. The van der Waals surface area contributed by atoms with Gasteiger partial charge < -0.3 is 11.1 Å². The predicted octanol–water partition coefficient (Wildman–Crippen LogP) is 4.55. The highest BCUT2D eigenvalue weighted by atomic mass is 32.2. The van der Waals surface area contributed by atoms with Crippen molar-refractivity contribution in [2.75, 3.05) is 10.0 Å². The fourth-order valence-corrected chi connectivity index (χ4v) is 6.35. The van der Waals surface area contributed by atoms with Gasteiger partial charge in [0.25, 0.3) is 10.0 Å². The van der Waals surface area contributed by atoms with Crippen LogP contribution < -0.4 is 15.8 Å². The normalized spacial score (nSPS) is 11.6. The average molecular weight is 502 g/mol. The molecule has 0 aliphatic carbocycles. The number of hydrogen-bond donors (Lipinski definition) is 3. The molecular weight excluding hydrogens is 470 g/mol. The van der Waals surface area contributed by atoms with Crippen LogP contribution in [-0.2, 0) is 27.8 Å². The van der Waals surface area contributed by atoms with Gasteiger partial charge in [0.2, 0.25) is 5.91 Å². The summed E-state index contributed by atoms with van der Waals surface area (Å²) in [5.74, 6) is 0.0401. The van der Waals surface area contributed by atoms with E-state index in [-0.39, 0.29) is 21.8 Å². The average Bonchev–Trinajstić information content (AvgIpc) is 3.10. The molecule has 3 rings (SSSR count). The van der Waals surface area contributed by atoms with E-state index in [1.165, 1.54) is 6.92 Å². The molecule has 182 valence electrons. The molecule has 0 saturated carbocycles. The number of benzene rings is 1. The highest BCUT2D eigenvalue weighted by Crippen LogP contribution is 2.38. The lowest BCUT2D eigenvalue weighted by Crippen LogP contribution is -2.18. The van der Waals surface area contributed by atoms with Gasteiger partial charge in [-0.15, -0.1) is 0 Å². The van der Waals surface area contributed by atoms with E-state index in [0.29, 0.717) is 23.0 Å². The number of pyridine rings is 1. The number of rotatable bonds is 8. The van der Waals surface area contributed by atoms with E-state index < -0.39 is 10.0 Å². The van der Waals surface area contributed by atoms with Crippen molar-refractivity contribution in [3.8, 4) is 11.1 Å². The van der Waals surface area contributed by atoms with Crippen LogP contribution in [0.5, 0.6) is 0 Å². The van der Waals surface area contributed by atoms with Crippen molar-refractivity contribution in [2.24, 2.45) is 11.7 Å². The Hall–Kier alpha value is -2.82. The molecule has 0 aliphatic rings. The van der Waals surface area contributed by atoms with Crippen LogP contribution in [0.2, 0.25) is 0 Å². The van der Waals surface area contributed by atoms with Gasteiger partial charge in [-0.2, -0.15) is 0 Å². The number of anilines is 2. The van der Waals surface area contributed by atoms with Gasteiger partial charge in [-0.25, -0.2) is 13.4 Å². The van der Waals surface area contributed by atoms with Gasteiger partial charge in [0.1, 0.15) is 0 Å². The number of thiazole rings is 1. The van der Waals surface area contributed by atoms with Crippen molar-refractivity contribution in [3.05, 3.63) is 52.5 Å². The number of nitrogens with one attached hydrogen (secondary N) is 2. The molecule has 0 bridgehead atoms. The number of carbonyl (C=O) groups is 1. The highest BCUT2D eigenvalue weighted by Gasteiger charge is 2.27. The van der Waals surface area contributed by atoms with Gasteiger partial charge in [0.15, 0.2) is 9.34 Å². The van der Waals surface area contributed by atoms with Gasteiger partial charge >= 0.3 is 0 Å². The minimum absolute atomic E-state index is 0.0334. The fourth-order valence-electron chi connectivity index (χ4n) is 3.76. The zero-order valence-electron chi connectivity index (χ0n) is 20.3. The topological polar surface area (TPSA) is 127 Å². The lowest BCUT2D eigenvalue weighted by atomic mass is 9.92. The molecule has 0 fully saturated rings. The van der Waals surface area contributed by atoms with Gasteiger partial charge in [-0.05, 0) is 44.2 Å². The van der Waals surface area contributed by atoms with Crippen LogP contribution in [0.1, 0.15) is 49.0 Å². The molecule has 0 atom stereocenters. The van der Waals surface area contributed by atoms with Crippen molar-refractivity contribution in [3.63, 3.8) is 0 Å². The molecule has 0 saturated heterocycles. The summed E-state index contributed by atoms with van der Waals surface area (Å²) in [6.07, 6.45) is 0.729. The van der Waals surface area contributed by atoms with E-state index in [0.717, 1.165) is 45.7 Å². The Bertz CT molecular complexity index is 1310. The Kier molecular flexibility index (Phi) is 7.74. The number of aryl methyl sites for hydroxylation is 3. The first-order valence-corrected chi connectivity index (χ1v) is 13.3. The predicted molar refractivity (Wildman–Crippen MR) is 138 cm³/mol. The summed E-state index contributed by atoms with van der Waals surface area (Å²) < 4.78 is 29.7. The lowest BCUT2D eigenvalue weighted by molar-refractivity contribution is -0.114. The molecule has 10 heteroatoms. The molecule has 4 N–H and O–H groups in total. The Balaban J connectivity index is 2.20. The Labute approximate surface area is 205 Å². The fraction of sp³-hybridized carbons (Fsp3) is 0.375. The quantitative estimate of drug-likeness (QED) is 0.416. The molecule has 2 aromatic heterocycles. The summed E-state index contributed by atoms with van der Waals surface area (Å²) in [7, 11) is -4.01. The number of sulfonamides is 1. The zero-order chi connectivity index (χ0) is 25.2. The molecule has 1 amide bonds. The molecule has 0 spiro atoms. The van der Waals surface area contributed by atoms with E-state index in [4.69, 9.17) is 10.7 Å². The van der Waals surface area contributed by atoms with Crippen molar-refractivity contribution >= 4 is 38.1 Å². The van der Waals surface area contributed by atoms with Crippen LogP contribution >= 0.6 is 11.3 Å². The molecule has 8 nitrogen and oxygen atoms in total. The number of nitrogens with two attached hydrogens (primary N) is 1. The van der Waals surface area contributed by atoms with Crippen molar-refractivity contribution in [2.45, 2.75) is 58.7 Å². The van der Waals surface area contributed by atoms with E-state index in [9.17, 15) is 13.2 Å². The van der Waals surface area contributed by atoms with Gasteiger partial charge in [-0.1, -0.05) is 55.0 Å². The minimum Gasteiger partial charge on any atom is -0.326 e. The molecule has 34 heavy (non-hydrogen) atoms. The number of amides is 1. The Morgan fingerprint density at radius 2 is 1.74 bits per heavy atom. The molecule has 0 aliphatic heterocycles. The summed E-state index contributed by atoms with van der Waals surface area (Å²) >= 11 is 0.906. The second-order valence-corrected chi connectivity index (χ2v) is 11.6. The third-order valence-electron chi connectivity index (χ3n) is 5.23. The molecular formula is C24H31N5O3S2. The van der Waals surface area contributed by atoms with Gasteiger partial charge in [0, 0.05) is 24.7 Å². The first-order valence-electron chi connectivity index (χ1n) is 11.0. The summed E-state index contributed by atoms with van der Waals surface area (Å²) in [6, 6.07) is 7.90. The summed E-state index contributed by atoms with van der Waals surface area (Å²) in [5.41, 5.74) is 11.8. The third-order valence-corrected chi connectivity index (χ3v) is 8.26. The molecule has 1 aromatic carbocycles. The number of carbonyl (C=O) groups excluding carboxylic acids is 1. The standard InChI is InChI=1S/C24H31N5O3S2/c1-13(2)11-20-19(12-25)21(18-9-7-14(3)8-10-18)22(15(4)26-20)29-34(31,32)23-16(5)27-24(33-23)28-17(6)30/h7-10,13,29H,11-12,25H2,1-6H3,(H,27,28,30). The van der Waals surface area contributed by atoms with E-state index in [1.807, 2.05) is 31.2 Å². The molecule has 2 heterocycles. The van der Waals surface area contributed by atoms with Crippen molar-refractivity contribution < 1.29 is 13.2 Å². The molecule has 0 unspecified atom stereocenters. The van der Waals surface area contributed by atoms with Crippen LogP contribution in [0.3, 0.4) is 0 Å².